The van der Waals surface area contributed by atoms with Gasteiger partial charge in [-0.2, -0.15) is 0 Å². The molecule has 34 heavy (non-hydrogen) atoms. The number of epoxide rings is 1. The van der Waals surface area contributed by atoms with Crippen molar-refractivity contribution < 1.29 is 47.7 Å². The van der Waals surface area contributed by atoms with Crippen molar-refractivity contribution in [1.29, 1.82) is 0 Å². The molecule has 2 saturated heterocycles. The first-order valence-electron chi connectivity index (χ1n) is 11.1. The van der Waals surface area contributed by atoms with Gasteiger partial charge in [0.05, 0.1) is 11.8 Å². The number of fused-ring (bicyclic) bond motifs is 2. The van der Waals surface area contributed by atoms with E-state index in [1.165, 1.54) is 6.92 Å². The number of ether oxygens (including phenoxy) is 5. The molecule has 10 heteroatoms. The zero-order valence-electron chi connectivity index (χ0n) is 20.0. The van der Waals surface area contributed by atoms with E-state index >= 15 is 0 Å². The lowest BCUT2D eigenvalue weighted by atomic mass is 9.77. The highest BCUT2D eigenvalue weighted by molar-refractivity contribution is 5.92. The molecule has 0 N–H and O–H groups in total. The molecule has 186 valence electrons. The Morgan fingerprint density at radius 3 is 2.29 bits per heavy atom. The molecule has 2 aliphatic heterocycles. The van der Waals surface area contributed by atoms with Crippen LogP contribution in [0.5, 0.6) is 0 Å². The predicted octanol–water partition coefficient (Wildman–Crippen LogP) is 1.59. The fourth-order valence-electron chi connectivity index (χ4n) is 4.48. The van der Waals surface area contributed by atoms with E-state index in [0.29, 0.717) is 6.42 Å². The van der Waals surface area contributed by atoms with Crippen molar-refractivity contribution in [2.45, 2.75) is 83.6 Å². The van der Waals surface area contributed by atoms with Crippen LogP contribution >= 0.6 is 0 Å². The fraction of sp³-hybridized carbons (Fsp3) is 0.625. The van der Waals surface area contributed by atoms with E-state index in [4.69, 9.17) is 23.7 Å². The molecule has 3 rings (SSSR count). The molecule has 0 spiro atoms. The number of esters is 4. The molecule has 0 aromatic rings. The Morgan fingerprint density at radius 1 is 1.12 bits per heavy atom. The number of rotatable bonds is 5. The topological polar surface area (TPSA) is 135 Å². The van der Waals surface area contributed by atoms with Gasteiger partial charge in [0.1, 0.15) is 11.7 Å². The molecule has 1 aliphatic carbocycles. The highest BCUT2D eigenvalue weighted by Crippen LogP contribution is 2.49. The number of Topliss-reactive ketones (excluding diaryl/α,β-unsaturated/α-hetero) is 1. The van der Waals surface area contributed by atoms with Crippen LogP contribution in [0.15, 0.2) is 24.3 Å². The third-order valence-corrected chi connectivity index (χ3v) is 6.56. The predicted molar refractivity (Wildman–Crippen MR) is 115 cm³/mol. The van der Waals surface area contributed by atoms with Crippen LogP contribution in [-0.4, -0.2) is 65.8 Å². The van der Waals surface area contributed by atoms with Gasteiger partial charge in [0, 0.05) is 25.8 Å². The van der Waals surface area contributed by atoms with Crippen molar-refractivity contribution in [2.75, 3.05) is 0 Å². The summed E-state index contributed by atoms with van der Waals surface area (Å²) in [5, 5.41) is 0. The molecule has 0 aromatic heterocycles. The average Bonchev–Trinajstić information content (AvgIpc) is 3.36. The molecule has 0 radical (unpaired) electrons. The van der Waals surface area contributed by atoms with Gasteiger partial charge in [-0.05, 0) is 18.9 Å². The monoisotopic (exact) mass is 478 g/mol. The Kier molecular flexibility index (Phi) is 7.02. The number of carbonyl (C=O) groups is 5. The van der Waals surface area contributed by atoms with Crippen molar-refractivity contribution in [2.24, 2.45) is 11.8 Å². The molecule has 3 aliphatic rings. The second-order valence-corrected chi connectivity index (χ2v) is 9.17. The van der Waals surface area contributed by atoms with Gasteiger partial charge in [-0.15, -0.1) is 0 Å². The minimum absolute atomic E-state index is 0.0570. The van der Waals surface area contributed by atoms with Gasteiger partial charge in [-0.1, -0.05) is 27.0 Å². The van der Waals surface area contributed by atoms with E-state index in [1.54, 1.807) is 20.8 Å². The highest BCUT2D eigenvalue weighted by atomic mass is 16.7. The second-order valence-electron chi connectivity index (χ2n) is 9.17. The van der Waals surface area contributed by atoms with Crippen molar-refractivity contribution in [3.63, 3.8) is 0 Å². The second kappa shape index (κ2) is 9.32. The summed E-state index contributed by atoms with van der Waals surface area (Å²) in [6.45, 7) is 15.1. The third-order valence-electron chi connectivity index (χ3n) is 6.56. The first kappa shape index (κ1) is 25.6. The average molecular weight is 478 g/mol. The van der Waals surface area contributed by atoms with Crippen LogP contribution in [0, 0.1) is 11.8 Å². The summed E-state index contributed by atoms with van der Waals surface area (Å²) in [5.41, 5.74) is -1.17. The minimum atomic E-state index is -1.31. The largest absolute Gasteiger partial charge is 0.457 e. The van der Waals surface area contributed by atoms with Crippen molar-refractivity contribution >= 4 is 29.7 Å². The normalized spacial score (nSPS) is 35.9. The van der Waals surface area contributed by atoms with E-state index in [0.717, 1.165) is 6.92 Å². The molecule has 0 bridgehead atoms. The van der Waals surface area contributed by atoms with Crippen LogP contribution in [0.2, 0.25) is 0 Å². The summed E-state index contributed by atoms with van der Waals surface area (Å²) in [7, 11) is 0. The van der Waals surface area contributed by atoms with Gasteiger partial charge in [0.15, 0.2) is 30.2 Å². The lowest BCUT2D eigenvalue weighted by Crippen LogP contribution is -2.53. The Bertz CT molecular complexity index is 951. The van der Waals surface area contributed by atoms with Crippen LogP contribution in [0.4, 0.5) is 0 Å². The Balaban J connectivity index is 2.15. The zero-order chi connectivity index (χ0) is 25.5. The lowest BCUT2D eigenvalue weighted by Gasteiger charge is -2.37. The number of hydrogen-bond acceptors (Lipinski definition) is 10. The van der Waals surface area contributed by atoms with Crippen molar-refractivity contribution in [3.8, 4) is 0 Å². The van der Waals surface area contributed by atoms with Gasteiger partial charge < -0.3 is 23.7 Å². The maximum atomic E-state index is 13.0. The van der Waals surface area contributed by atoms with Crippen molar-refractivity contribution in [1.82, 2.24) is 0 Å². The fourth-order valence-corrected chi connectivity index (χ4v) is 4.48. The molecular weight excluding hydrogens is 448 g/mol. The van der Waals surface area contributed by atoms with Gasteiger partial charge >= 0.3 is 23.9 Å². The van der Waals surface area contributed by atoms with Gasteiger partial charge in [-0.3, -0.25) is 19.2 Å². The Labute approximate surface area is 197 Å². The summed E-state index contributed by atoms with van der Waals surface area (Å²) >= 11 is 0. The third kappa shape index (κ3) is 4.64. The van der Waals surface area contributed by atoms with Crippen LogP contribution in [0.25, 0.3) is 0 Å². The van der Waals surface area contributed by atoms with E-state index in [2.05, 4.69) is 13.2 Å². The summed E-state index contributed by atoms with van der Waals surface area (Å²) in [6.07, 6.45) is -5.74. The smallest absolute Gasteiger partial charge is 0.334 e. The molecule has 1 saturated carbocycles. The summed E-state index contributed by atoms with van der Waals surface area (Å²) in [5.74, 6) is -4.75. The highest BCUT2D eigenvalue weighted by Gasteiger charge is 2.69. The van der Waals surface area contributed by atoms with Gasteiger partial charge in [-0.25, -0.2) is 4.79 Å². The molecule has 0 aromatic carbocycles. The Morgan fingerprint density at radius 2 is 1.74 bits per heavy atom. The molecular formula is C24H30O10. The van der Waals surface area contributed by atoms with Crippen LogP contribution < -0.4 is 0 Å². The molecule has 8 atom stereocenters. The SMILES string of the molecule is C=C1CC(=O)C2OC2(C)C(OC(C)=O)C2OC(=O)C(=C)C2C(OC(C)=O)C1OC(=O)C(C)CC. The molecule has 3 fully saturated rings. The quantitative estimate of drug-likeness (QED) is 0.188. The first-order valence-corrected chi connectivity index (χ1v) is 11.1. The minimum Gasteiger partial charge on any atom is -0.457 e. The van der Waals surface area contributed by atoms with Crippen molar-refractivity contribution in [3.05, 3.63) is 24.3 Å². The zero-order valence-corrected chi connectivity index (χ0v) is 20.0. The Hall–Kier alpha value is -3.01. The number of hydrogen-bond donors (Lipinski definition) is 0. The number of ketones is 1. The molecule has 2 heterocycles. The summed E-state index contributed by atoms with van der Waals surface area (Å²) < 4.78 is 27.9. The standard InChI is InChI=1S/C24H30O10/c1-8-10(2)22(28)32-17-11(3)9-15(27)20-24(7,34-20)21(31-14(6)26)19-16(12(4)23(29)33-19)18(17)30-13(5)25/h10,16-21H,3-4,8-9H2,1-2,5-7H3. The maximum Gasteiger partial charge on any atom is 0.334 e. The number of carbonyl (C=O) groups excluding carboxylic acids is 5. The first-order chi connectivity index (χ1) is 15.8. The van der Waals surface area contributed by atoms with Gasteiger partial charge in [0.2, 0.25) is 0 Å². The van der Waals surface area contributed by atoms with Crippen LogP contribution in [-0.2, 0) is 47.7 Å². The van der Waals surface area contributed by atoms with E-state index < -0.39 is 77.6 Å². The van der Waals surface area contributed by atoms with Crippen LogP contribution in [0.1, 0.15) is 47.5 Å². The maximum absolute atomic E-state index is 13.0. The van der Waals surface area contributed by atoms with Crippen LogP contribution in [0.3, 0.4) is 0 Å². The summed E-state index contributed by atoms with van der Waals surface area (Å²) in [4.78, 5) is 62.4. The summed E-state index contributed by atoms with van der Waals surface area (Å²) in [6, 6.07) is 0. The lowest BCUT2D eigenvalue weighted by molar-refractivity contribution is -0.180. The molecule has 10 nitrogen and oxygen atoms in total. The van der Waals surface area contributed by atoms with Gasteiger partial charge in [0.25, 0.3) is 0 Å². The van der Waals surface area contributed by atoms with E-state index in [-0.39, 0.29) is 17.6 Å². The van der Waals surface area contributed by atoms with E-state index in [9.17, 15) is 24.0 Å². The van der Waals surface area contributed by atoms with E-state index in [1.807, 2.05) is 0 Å². The molecule has 0 amide bonds. The molecule has 8 unspecified atom stereocenters.